The van der Waals surface area contributed by atoms with Gasteiger partial charge in [-0.3, -0.25) is 14.2 Å². The van der Waals surface area contributed by atoms with Crippen molar-refractivity contribution in [1.29, 1.82) is 0 Å². The first-order valence-corrected chi connectivity index (χ1v) is 12.2. The number of thiophene rings is 1. The van der Waals surface area contributed by atoms with Crippen molar-refractivity contribution in [2.24, 2.45) is 0 Å². The molecule has 3 heterocycles. The Morgan fingerprint density at radius 3 is 2.62 bits per heavy atom. The number of nitrogens with zero attached hydrogens (tertiary/aromatic N) is 4. The summed E-state index contributed by atoms with van der Waals surface area (Å²) >= 11 is 1.41. The van der Waals surface area contributed by atoms with Crippen molar-refractivity contribution < 1.29 is 14.3 Å². The second kappa shape index (κ2) is 9.17. The molecule has 0 radical (unpaired) electrons. The molecule has 0 saturated heterocycles. The maximum atomic E-state index is 13.4. The maximum absolute atomic E-state index is 13.4. The maximum Gasteiger partial charge on any atom is 0.341 e. The van der Waals surface area contributed by atoms with Crippen molar-refractivity contribution in [3.8, 4) is 5.95 Å². The molecule has 3 aromatic rings. The van der Waals surface area contributed by atoms with Crippen molar-refractivity contribution >= 4 is 28.2 Å². The Bertz CT molecular complexity index is 1350. The smallest absolute Gasteiger partial charge is 0.341 e. The number of carbonyl (C=O) groups excluding carboxylic acids is 2. The van der Waals surface area contributed by atoms with E-state index >= 15 is 0 Å². The Balaban J connectivity index is 1.75. The van der Waals surface area contributed by atoms with E-state index in [1.54, 1.807) is 32.4 Å². The fourth-order valence-electron chi connectivity index (χ4n) is 4.29. The summed E-state index contributed by atoms with van der Waals surface area (Å²) in [7, 11) is 0. The normalized spacial score (nSPS) is 13.6. The van der Waals surface area contributed by atoms with Gasteiger partial charge in [0, 0.05) is 21.8 Å². The number of hydrogen-bond acceptors (Lipinski definition) is 7. The molecular formula is C24H29N5O4S. The molecule has 1 atom stereocenters. The van der Waals surface area contributed by atoms with Gasteiger partial charge in [-0.2, -0.15) is 5.10 Å². The fourth-order valence-corrected chi connectivity index (χ4v) is 5.57. The molecule has 3 aromatic heterocycles. The van der Waals surface area contributed by atoms with Crippen LogP contribution < -0.4 is 10.9 Å². The molecule has 9 nitrogen and oxygen atoms in total. The number of fused-ring (bicyclic) bond motifs is 1. The molecule has 0 aromatic carbocycles. The third kappa shape index (κ3) is 4.06. The largest absolute Gasteiger partial charge is 0.462 e. The van der Waals surface area contributed by atoms with Gasteiger partial charge in [0.15, 0.2) is 0 Å². The van der Waals surface area contributed by atoms with Crippen LogP contribution >= 0.6 is 11.3 Å². The van der Waals surface area contributed by atoms with Gasteiger partial charge in [-0.25, -0.2) is 14.5 Å². The quantitative estimate of drug-likeness (QED) is 0.537. The molecule has 34 heavy (non-hydrogen) atoms. The molecule has 1 N–H and O–H groups in total. The number of amides is 1. The monoisotopic (exact) mass is 483 g/mol. The summed E-state index contributed by atoms with van der Waals surface area (Å²) in [6.07, 6.45) is 2.64. The average molecular weight is 484 g/mol. The van der Waals surface area contributed by atoms with Gasteiger partial charge in [0.25, 0.3) is 5.56 Å². The van der Waals surface area contributed by atoms with Crippen molar-refractivity contribution in [2.75, 3.05) is 11.9 Å². The van der Waals surface area contributed by atoms with Crippen molar-refractivity contribution in [2.45, 2.75) is 66.8 Å². The van der Waals surface area contributed by atoms with Gasteiger partial charge in [0.05, 0.1) is 17.9 Å². The number of carbonyl (C=O) groups is 2. The topological polar surface area (TPSA) is 108 Å². The van der Waals surface area contributed by atoms with E-state index in [4.69, 9.17) is 4.74 Å². The van der Waals surface area contributed by atoms with Crippen LogP contribution in [-0.4, -0.2) is 37.8 Å². The average Bonchev–Trinajstić information content (AvgIpc) is 3.45. The highest BCUT2D eigenvalue weighted by atomic mass is 32.1. The minimum absolute atomic E-state index is 0.253. The Labute approximate surface area is 201 Å². The number of ether oxygens (including phenoxy) is 1. The van der Waals surface area contributed by atoms with E-state index in [9.17, 15) is 14.4 Å². The lowest BCUT2D eigenvalue weighted by Crippen LogP contribution is -2.36. The number of nitrogens with one attached hydrogen (secondary N) is 1. The summed E-state index contributed by atoms with van der Waals surface area (Å²) in [5.41, 5.74) is 3.71. The van der Waals surface area contributed by atoms with E-state index in [1.807, 2.05) is 19.9 Å². The van der Waals surface area contributed by atoms with E-state index in [0.29, 0.717) is 21.8 Å². The molecular weight excluding hydrogens is 454 g/mol. The first-order valence-electron chi connectivity index (χ1n) is 11.4. The molecule has 0 fully saturated rings. The van der Waals surface area contributed by atoms with Gasteiger partial charge in [0.2, 0.25) is 11.9 Å². The van der Waals surface area contributed by atoms with Crippen LogP contribution in [0.4, 0.5) is 5.00 Å². The highest BCUT2D eigenvalue weighted by Gasteiger charge is 2.30. The summed E-state index contributed by atoms with van der Waals surface area (Å²) < 4.78 is 8.20. The number of hydrogen-bond donors (Lipinski definition) is 1. The number of rotatable bonds is 6. The van der Waals surface area contributed by atoms with Gasteiger partial charge in [-0.05, 0) is 72.4 Å². The van der Waals surface area contributed by atoms with Crippen LogP contribution in [0.3, 0.4) is 0 Å². The van der Waals surface area contributed by atoms with E-state index in [-0.39, 0.29) is 18.1 Å². The summed E-state index contributed by atoms with van der Waals surface area (Å²) in [4.78, 5) is 45.1. The van der Waals surface area contributed by atoms with Gasteiger partial charge < -0.3 is 10.1 Å². The molecule has 0 unspecified atom stereocenters. The molecule has 0 bridgehead atoms. The van der Waals surface area contributed by atoms with Crippen LogP contribution in [0.15, 0.2) is 10.9 Å². The number of anilines is 1. The highest BCUT2D eigenvalue weighted by molar-refractivity contribution is 7.17. The number of esters is 1. The van der Waals surface area contributed by atoms with Crippen molar-refractivity contribution in [3.05, 3.63) is 55.1 Å². The van der Waals surface area contributed by atoms with Crippen molar-refractivity contribution in [3.63, 3.8) is 0 Å². The molecule has 4 rings (SSSR count). The van der Waals surface area contributed by atoms with Crippen LogP contribution in [0.25, 0.3) is 5.95 Å². The first kappa shape index (κ1) is 23.9. The van der Waals surface area contributed by atoms with Gasteiger partial charge in [-0.1, -0.05) is 0 Å². The van der Waals surface area contributed by atoms with Crippen LogP contribution in [0.5, 0.6) is 0 Å². The number of aromatic nitrogens is 4. The Morgan fingerprint density at radius 1 is 1.24 bits per heavy atom. The predicted molar refractivity (Wildman–Crippen MR) is 130 cm³/mol. The predicted octanol–water partition coefficient (Wildman–Crippen LogP) is 3.59. The molecule has 0 aliphatic heterocycles. The minimum atomic E-state index is -0.898. The van der Waals surface area contributed by atoms with Gasteiger partial charge in [0.1, 0.15) is 11.0 Å². The third-order valence-corrected chi connectivity index (χ3v) is 7.38. The van der Waals surface area contributed by atoms with Crippen LogP contribution in [0.2, 0.25) is 0 Å². The van der Waals surface area contributed by atoms with E-state index < -0.39 is 17.9 Å². The SMILES string of the molecule is CCOC(=O)c1c(NC(=O)[C@@H](C)n2c(-n3nc(C)cc3C)nc(C)c(C)c2=O)sc2c1CCC2. The fraction of sp³-hybridized carbons (Fsp3) is 0.458. The second-order valence-electron chi connectivity index (χ2n) is 8.58. The van der Waals surface area contributed by atoms with E-state index in [0.717, 1.165) is 41.1 Å². The lowest BCUT2D eigenvalue weighted by Gasteiger charge is -2.20. The minimum Gasteiger partial charge on any atom is -0.462 e. The Hall–Kier alpha value is -3.27. The molecule has 180 valence electrons. The van der Waals surface area contributed by atoms with Crippen LogP contribution in [-0.2, 0) is 22.4 Å². The molecule has 1 amide bonds. The standard InChI is InChI=1S/C24H29N5O4S/c1-7-33-23(32)19-17-9-8-10-18(17)34-21(19)26-20(30)16(6)28-22(31)14(4)15(5)25-24(28)29-13(3)11-12(2)27-29/h11,16H,7-10H2,1-6H3,(H,26,30)/t16-/m1/s1. The first-order chi connectivity index (χ1) is 16.1. The van der Waals surface area contributed by atoms with Gasteiger partial charge in [-0.15, -0.1) is 11.3 Å². The second-order valence-corrected chi connectivity index (χ2v) is 9.69. The Kier molecular flexibility index (Phi) is 6.44. The van der Waals surface area contributed by atoms with Crippen LogP contribution in [0, 0.1) is 27.7 Å². The summed E-state index contributed by atoms with van der Waals surface area (Å²) in [6, 6.07) is 0.986. The molecule has 1 aliphatic rings. The molecule has 1 aliphatic carbocycles. The number of aryl methyl sites for hydroxylation is 4. The molecule has 10 heteroatoms. The Morgan fingerprint density at radius 2 is 1.97 bits per heavy atom. The van der Waals surface area contributed by atoms with Crippen LogP contribution in [0.1, 0.15) is 69.8 Å². The van der Waals surface area contributed by atoms with E-state index in [2.05, 4.69) is 15.4 Å². The lowest BCUT2D eigenvalue weighted by molar-refractivity contribution is -0.118. The summed E-state index contributed by atoms with van der Waals surface area (Å²) in [6.45, 7) is 10.8. The summed E-state index contributed by atoms with van der Waals surface area (Å²) in [5, 5.41) is 7.84. The van der Waals surface area contributed by atoms with Gasteiger partial charge >= 0.3 is 5.97 Å². The highest BCUT2D eigenvalue weighted by Crippen LogP contribution is 2.39. The zero-order chi connectivity index (χ0) is 24.7. The van der Waals surface area contributed by atoms with Crippen molar-refractivity contribution in [1.82, 2.24) is 19.3 Å². The lowest BCUT2D eigenvalue weighted by atomic mass is 10.1. The molecule has 0 spiro atoms. The summed E-state index contributed by atoms with van der Waals surface area (Å²) in [5.74, 6) is -0.570. The zero-order valence-corrected chi connectivity index (χ0v) is 21.1. The zero-order valence-electron chi connectivity index (χ0n) is 20.3. The molecule has 0 saturated carbocycles. The van der Waals surface area contributed by atoms with E-state index in [1.165, 1.54) is 15.9 Å². The third-order valence-electron chi connectivity index (χ3n) is 6.17.